The molecule has 0 spiro atoms. The molecule has 0 aliphatic rings. The molecule has 0 fully saturated rings. The molecule has 3 rings (SSSR count). The van der Waals surface area contributed by atoms with Gasteiger partial charge in [-0.1, -0.05) is 44.5 Å². The van der Waals surface area contributed by atoms with E-state index >= 15 is 0 Å². The average Bonchev–Trinajstić information content (AvgIpc) is 3.22. The summed E-state index contributed by atoms with van der Waals surface area (Å²) in [5.74, 6) is 0.848. The van der Waals surface area contributed by atoms with E-state index in [4.69, 9.17) is 21.4 Å². The highest BCUT2D eigenvalue weighted by Crippen LogP contribution is 2.27. The van der Waals surface area contributed by atoms with Gasteiger partial charge in [-0.15, -0.1) is 0 Å². The summed E-state index contributed by atoms with van der Waals surface area (Å²) in [6, 6.07) is 16.3. The van der Waals surface area contributed by atoms with Crippen LogP contribution in [0.1, 0.15) is 45.9 Å². The quantitative estimate of drug-likeness (QED) is 0.462. The van der Waals surface area contributed by atoms with Crippen LogP contribution in [0.4, 0.5) is 5.82 Å². The summed E-state index contributed by atoms with van der Waals surface area (Å²) in [4.78, 5) is 27.7. The molecule has 35 heavy (non-hydrogen) atoms. The van der Waals surface area contributed by atoms with E-state index in [1.54, 1.807) is 28.8 Å². The van der Waals surface area contributed by atoms with Gasteiger partial charge in [0, 0.05) is 22.5 Å². The van der Waals surface area contributed by atoms with Gasteiger partial charge < -0.3 is 15.0 Å². The predicted molar refractivity (Wildman–Crippen MR) is 139 cm³/mol. The van der Waals surface area contributed by atoms with Crippen LogP contribution in [0.2, 0.25) is 5.02 Å². The van der Waals surface area contributed by atoms with Crippen LogP contribution >= 0.6 is 11.6 Å². The highest BCUT2D eigenvalue weighted by Gasteiger charge is 2.24. The minimum atomic E-state index is -0.294. The molecule has 0 atom stereocenters. The third kappa shape index (κ3) is 6.85. The first kappa shape index (κ1) is 26.3. The van der Waals surface area contributed by atoms with Crippen molar-refractivity contribution < 1.29 is 14.3 Å². The lowest BCUT2D eigenvalue weighted by molar-refractivity contribution is -0.135. The van der Waals surface area contributed by atoms with Gasteiger partial charge in [0.2, 0.25) is 11.8 Å². The number of methoxy groups -OCH3 is 1. The molecule has 0 saturated carbocycles. The van der Waals surface area contributed by atoms with Crippen LogP contribution in [0.15, 0.2) is 54.6 Å². The minimum absolute atomic E-state index is 0.0662. The fraction of sp³-hybridized carbons (Fsp3) is 0.370. The number of nitrogens with one attached hydrogen (secondary N) is 1. The maximum Gasteiger partial charge on any atom is 0.245 e. The van der Waals surface area contributed by atoms with Gasteiger partial charge in [-0.3, -0.25) is 9.59 Å². The number of hydrogen-bond acceptors (Lipinski definition) is 4. The maximum absolute atomic E-state index is 13.1. The molecule has 186 valence electrons. The van der Waals surface area contributed by atoms with Crippen molar-refractivity contribution in [2.75, 3.05) is 19.0 Å². The molecule has 0 aliphatic heterocycles. The topological polar surface area (TPSA) is 76.5 Å². The average molecular weight is 497 g/mol. The van der Waals surface area contributed by atoms with Crippen molar-refractivity contribution in [1.29, 1.82) is 0 Å². The van der Waals surface area contributed by atoms with Gasteiger partial charge in [-0.25, -0.2) is 4.68 Å². The molecule has 7 nitrogen and oxygen atoms in total. The van der Waals surface area contributed by atoms with Crippen LogP contribution in [0, 0.1) is 0 Å². The standard InChI is InChI=1S/C27H33ClN4O3/c1-18(2)31(26(34)15-19-7-13-22(35-6)14-8-19)17-25(33)29-24-16-23(27(3,4)5)30-32(24)21-11-9-20(28)10-12-21/h7-14,16,18H,15,17H2,1-6H3,(H,29,33). The van der Waals surface area contributed by atoms with Gasteiger partial charge in [0.15, 0.2) is 0 Å². The Labute approximate surface area is 212 Å². The van der Waals surface area contributed by atoms with Gasteiger partial charge in [0.05, 0.1) is 24.9 Å². The summed E-state index contributed by atoms with van der Waals surface area (Å²) in [6.45, 7) is 9.91. The molecule has 2 amide bonds. The number of benzene rings is 2. The molecule has 1 aromatic heterocycles. The lowest BCUT2D eigenvalue weighted by Crippen LogP contribution is -2.43. The van der Waals surface area contributed by atoms with Crippen LogP contribution in [0.25, 0.3) is 5.69 Å². The Kier molecular flexibility index (Phi) is 8.22. The Morgan fingerprint density at radius 1 is 1.09 bits per heavy atom. The number of hydrogen-bond donors (Lipinski definition) is 1. The molecule has 0 bridgehead atoms. The molecule has 2 aromatic carbocycles. The summed E-state index contributed by atoms with van der Waals surface area (Å²) >= 11 is 6.05. The molecule has 3 aromatic rings. The number of halogens is 1. The highest BCUT2D eigenvalue weighted by molar-refractivity contribution is 6.30. The largest absolute Gasteiger partial charge is 0.497 e. The third-order valence-electron chi connectivity index (χ3n) is 5.59. The molecular formula is C27H33ClN4O3. The van der Waals surface area contributed by atoms with Crippen LogP contribution in [-0.4, -0.2) is 46.2 Å². The highest BCUT2D eigenvalue weighted by atomic mass is 35.5. The van der Waals surface area contributed by atoms with Crippen molar-refractivity contribution >= 4 is 29.2 Å². The van der Waals surface area contributed by atoms with Crippen molar-refractivity contribution in [2.24, 2.45) is 0 Å². The van der Waals surface area contributed by atoms with Crippen LogP contribution in [0.3, 0.4) is 0 Å². The molecule has 1 heterocycles. The van der Waals surface area contributed by atoms with Crippen molar-refractivity contribution in [3.63, 3.8) is 0 Å². The second kappa shape index (κ2) is 11.0. The van der Waals surface area contributed by atoms with E-state index in [-0.39, 0.29) is 36.2 Å². The fourth-order valence-electron chi connectivity index (χ4n) is 3.53. The number of carbonyl (C=O) groups is 2. The fourth-order valence-corrected chi connectivity index (χ4v) is 3.66. The van der Waals surface area contributed by atoms with Gasteiger partial charge in [-0.05, 0) is 55.8 Å². The summed E-state index contributed by atoms with van der Waals surface area (Å²) in [7, 11) is 1.60. The predicted octanol–water partition coefficient (Wildman–Crippen LogP) is 5.25. The summed E-state index contributed by atoms with van der Waals surface area (Å²) in [6.07, 6.45) is 0.201. The molecule has 0 radical (unpaired) electrons. The Balaban J connectivity index is 1.78. The van der Waals surface area contributed by atoms with Gasteiger partial charge in [0.25, 0.3) is 0 Å². The van der Waals surface area contributed by atoms with E-state index in [1.807, 2.05) is 56.3 Å². The zero-order valence-electron chi connectivity index (χ0n) is 21.1. The first-order chi connectivity index (χ1) is 16.5. The monoisotopic (exact) mass is 496 g/mol. The zero-order valence-corrected chi connectivity index (χ0v) is 21.9. The Morgan fingerprint density at radius 3 is 2.26 bits per heavy atom. The number of aromatic nitrogens is 2. The minimum Gasteiger partial charge on any atom is -0.497 e. The maximum atomic E-state index is 13.1. The van der Waals surface area contributed by atoms with Gasteiger partial charge >= 0.3 is 0 Å². The molecule has 8 heteroatoms. The molecule has 0 aliphatic carbocycles. The SMILES string of the molecule is COc1ccc(CC(=O)N(CC(=O)Nc2cc(C(C)(C)C)nn2-c2ccc(Cl)cc2)C(C)C)cc1. The van der Waals surface area contributed by atoms with Crippen molar-refractivity contribution in [3.8, 4) is 11.4 Å². The first-order valence-electron chi connectivity index (χ1n) is 11.6. The van der Waals surface area contributed by atoms with Crippen LogP contribution in [-0.2, 0) is 21.4 Å². The molecule has 0 saturated heterocycles. The third-order valence-corrected chi connectivity index (χ3v) is 5.84. The number of ether oxygens (including phenoxy) is 1. The first-order valence-corrected chi connectivity index (χ1v) is 11.9. The van der Waals surface area contributed by atoms with E-state index in [0.29, 0.717) is 10.8 Å². The van der Waals surface area contributed by atoms with Gasteiger partial charge in [-0.2, -0.15) is 5.10 Å². The van der Waals surface area contributed by atoms with E-state index in [1.165, 1.54) is 0 Å². The second-order valence-corrected chi connectivity index (χ2v) is 10.2. The number of carbonyl (C=O) groups excluding carboxylic acids is 2. The lowest BCUT2D eigenvalue weighted by Gasteiger charge is -2.26. The second-order valence-electron chi connectivity index (χ2n) is 9.74. The Morgan fingerprint density at radius 2 is 1.71 bits per heavy atom. The lowest BCUT2D eigenvalue weighted by atomic mass is 9.92. The zero-order chi connectivity index (χ0) is 25.8. The molecule has 1 N–H and O–H groups in total. The van der Waals surface area contributed by atoms with Crippen LogP contribution < -0.4 is 10.1 Å². The number of nitrogens with zero attached hydrogens (tertiary/aromatic N) is 3. The normalized spacial score (nSPS) is 11.4. The Bertz CT molecular complexity index is 1160. The summed E-state index contributed by atoms with van der Waals surface area (Å²) in [5.41, 5.74) is 2.25. The van der Waals surface area contributed by atoms with Crippen molar-refractivity contribution in [3.05, 3.63) is 70.9 Å². The van der Waals surface area contributed by atoms with Crippen molar-refractivity contribution in [2.45, 2.75) is 52.5 Å². The van der Waals surface area contributed by atoms with E-state index in [9.17, 15) is 9.59 Å². The Hall–Kier alpha value is -3.32. The van der Waals surface area contributed by atoms with Gasteiger partial charge in [0.1, 0.15) is 18.1 Å². The molecular weight excluding hydrogens is 464 g/mol. The summed E-state index contributed by atoms with van der Waals surface area (Å²) < 4.78 is 6.87. The van der Waals surface area contributed by atoms with E-state index in [0.717, 1.165) is 22.7 Å². The van der Waals surface area contributed by atoms with E-state index in [2.05, 4.69) is 26.1 Å². The molecule has 0 unspecified atom stereocenters. The smallest absolute Gasteiger partial charge is 0.245 e. The van der Waals surface area contributed by atoms with Crippen molar-refractivity contribution in [1.82, 2.24) is 14.7 Å². The number of amides is 2. The van der Waals surface area contributed by atoms with E-state index < -0.39 is 0 Å². The summed E-state index contributed by atoms with van der Waals surface area (Å²) in [5, 5.41) is 8.29. The number of anilines is 1. The van der Waals surface area contributed by atoms with Crippen LogP contribution in [0.5, 0.6) is 5.75 Å². The number of rotatable bonds is 8.